The Bertz CT molecular complexity index is 430. The first-order chi connectivity index (χ1) is 7.54. The Hall–Kier alpha value is -0.890. The third-order valence-corrected chi connectivity index (χ3v) is 3.86. The lowest BCUT2D eigenvalue weighted by Crippen LogP contribution is -2.33. The van der Waals surface area contributed by atoms with Crippen LogP contribution in [0.5, 0.6) is 0 Å². The number of hydrogen-bond donors (Lipinski definition) is 0. The van der Waals surface area contributed by atoms with Gasteiger partial charge in [-0.2, -0.15) is 0 Å². The summed E-state index contributed by atoms with van der Waals surface area (Å²) in [5.74, 6) is -0.278. The second-order valence-corrected chi connectivity index (χ2v) is 5.04. The number of alkyl halides is 1. The normalized spacial score (nSPS) is 25.8. The first-order valence-electron chi connectivity index (χ1n) is 5.53. The molecule has 0 aromatic heterocycles. The van der Waals surface area contributed by atoms with Crippen molar-refractivity contribution in [3.05, 3.63) is 35.1 Å². The van der Waals surface area contributed by atoms with Gasteiger partial charge in [0.2, 0.25) is 0 Å². The number of benzene rings is 1. The molecular weight excluding hydrogens is 227 g/mol. The molecule has 0 N–H and O–H groups in total. The van der Waals surface area contributed by atoms with E-state index in [-0.39, 0.29) is 11.6 Å². The van der Waals surface area contributed by atoms with Crippen LogP contribution >= 0.6 is 11.6 Å². The summed E-state index contributed by atoms with van der Waals surface area (Å²) >= 11 is 6.36. The van der Waals surface area contributed by atoms with E-state index >= 15 is 0 Å². The lowest BCUT2D eigenvalue weighted by Gasteiger charge is -2.30. The summed E-state index contributed by atoms with van der Waals surface area (Å²) in [7, 11) is 0. The minimum absolute atomic E-state index is 0.0173. The average molecular weight is 241 g/mol. The van der Waals surface area contributed by atoms with Crippen LogP contribution in [0.15, 0.2) is 18.2 Å². The number of carbonyl (C=O) groups excluding carboxylic acids is 1. The van der Waals surface area contributed by atoms with E-state index in [1.807, 2.05) is 0 Å². The number of hydrogen-bond acceptors (Lipinski definition) is 1. The number of Topliss-reactive ketones (excluding diaryl/α,β-unsaturated/α-hetero) is 1. The van der Waals surface area contributed by atoms with Crippen LogP contribution < -0.4 is 0 Å². The summed E-state index contributed by atoms with van der Waals surface area (Å²) in [6, 6.07) is 4.83. The highest BCUT2D eigenvalue weighted by atomic mass is 35.5. The summed E-state index contributed by atoms with van der Waals surface area (Å²) in [4.78, 5) is 10.9. The zero-order valence-electron chi connectivity index (χ0n) is 9.22. The fraction of sp³-hybridized carbons (Fsp3) is 0.462. The molecule has 16 heavy (non-hydrogen) atoms. The maximum Gasteiger partial charge on any atom is 0.158 e. The smallest absolute Gasteiger partial charge is 0.158 e. The summed E-state index contributed by atoms with van der Waals surface area (Å²) in [5, 5.41) is 0. The molecule has 0 saturated heterocycles. The van der Waals surface area contributed by atoms with Crippen LogP contribution in [0.3, 0.4) is 0 Å². The van der Waals surface area contributed by atoms with Gasteiger partial charge in [0.15, 0.2) is 5.78 Å². The predicted octanol–water partition coefficient (Wildman–Crippen LogP) is 3.71. The Morgan fingerprint density at radius 1 is 1.38 bits per heavy atom. The van der Waals surface area contributed by atoms with E-state index in [1.165, 1.54) is 6.07 Å². The molecule has 1 unspecified atom stereocenters. The fourth-order valence-electron chi connectivity index (χ4n) is 2.14. The molecule has 2 rings (SSSR count). The summed E-state index contributed by atoms with van der Waals surface area (Å²) in [5.41, 5.74) is 1.18. The molecule has 1 aromatic rings. The van der Waals surface area contributed by atoms with Gasteiger partial charge in [0.1, 0.15) is 10.7 Å². The predicted molar refractivity (Wildman–Crippen MR) is 62.1 cm³/mol. The molecule has 1 fully saturated rings. The summed E-state index contributed by atoms with van der Waals surface area (Å²) < 4.78 is 13.5. The molecule has 1 aliphatic rings. The highest BCUT2D eigenvalue weighted by Gasteiger charge is 2.39. The van der Waals surface area contributed by atoms with Crippen molar-refractivity contribution in [1.82, 2.24) is 0 Å². The molecule has 0 spiro atoms. The molecule has 0 heterocycles. The molecule has 3 heteroatoms. The van der Waals surface area contributed by atoms with Crippen LogP contribution in [-0.2, 0) is 9.67 Å². The zero-order chi connectivity index (χ0) is 11.8. The molecule has 1 atom stereocenters. The van der Waals surface area contributed by atoms with Gasteiger partial charge in [-0.05, 0) is 37.0 Å². The van der Waals surface area contributed by atoms with Crippen molar-refractivity contribution >= 4 is 17.4 Å². The molecule has 0 bridgehead atoms. The maximum atomic E-state index is 13.5. The lowest BCUT2D eigenvalue weighted by atomic mass is 9.82. The van der Waals surface area contributed by atoms with Gasteiger partial charge in [-0.1, -0.05) is 18.6 Å². The summed E-state index contributed by atoms with van der Waals surface area (Å²) in [6.07, 6.45) is 2.92. The van der Waals surface area contributed by atoms with Gasteiger partial charge in [0, 0.05) is 6.42 Å². The third-order valence-electron chi connectivity index (χ3n) is 3.25. The van der Waals surface area contributed by atoms with E-state index in [0.29, 0.717) is 24.0 Å². The van der Waals surface area contributed by atoms with E-state index in [4.69, 9.17) is 11.6 Å². The molecule has 1 aliphatic carbocycles. The molecule has 86 valence electrons. The largest absolute Gasteiger partial charge is 0.297 e. The molecule has 1 aromatic carbocycles. The second kappa shape index (κ2) is 4.17. The van der Waals surface area contributed by atoms with Crippen LogP contribution in [0.25, 0.3) is 0 Å². The van der Waals surface area contributed by atoms with E-state index in [9.17, 15) is 9.18 Å². The highest BCUT2D eigenvalue weighted by molar-refractivity contribution is 6.35. The van der Waals surface area contributed by atoms with Crippen molar-refractivity contribution in [2.75, 3.05) is 0 Å². The Morgan fingerprint density at radius 2 is 2.12 bits per heavy atom. The van der Waals surface area contributed by atoms with Crippen molar-refractivity contribution in [2.24, 2.45) is 0 Å². The third kappa shape index (κ3) is 1.86. The number of aryl methyl sites for hydroxylation is 1. The SMILES string of the molecule is Cc1ccc(C2(Cl)CCCCC2=O)cc1F. The highest BCUT2D eigenvalue weighted by Crippen LogP contribution is 2.40. The van der Waals surface area contributed by atoms with E-state index in [2.05, 4.69) is 0 Å². The minimum atomic E-state index is -0.993. The van der Waals surface area contributed by atoms with E-state index < -0.39 is 4.87 Å². The molecular formula is C13H14ClFO. The Kier molecular flexibility index (Phi) is 3.02. The van der Waals surface area contributed by atoms with Crippen molar-refractivity contribution in [1.29, 1.82) is 0 Å². The Balaban J connectivity index is 2.41. The zero-order valence-corrected chi connectivity index (χ0v) is 9.98. The minimum Gasteiger partial charge on any atom is -0.297 e. The first kappa shape index (κ1) is 11.6. The van der Waals surface area contributed by atoms with Gasteiger partial charge >= 0.3 is 0 Å². The lowest BCUT2D eigenvalue weighted by molar-refractivity contribution is -0.123. The topological polar surface area (TPSA) is 17.1 Å². The van der Waals surface area contributed by atoms with Crippen LogP contribution in [0.4, 0.5) is 4.39 Å². The second-order valence-electron chi connectivity index (χ2n) is 4.40. The van der Waals surface area contributed by atoms with Gasteiger partial charge in [0.05, 0.1) is 0 Å². The Morgan fingerprint density at radius 3 is 2.75 bits per heavy atom. The van der Waals surface area contributed by atoms with Gasteiger partial charge < -0.3 is 0 Å². The van der Waals surface area contributed by atoms with E-state index in [0.717, 1.165) is 12.8 Å². The summed E-state index contributed by atoms with van der Waals surface area (Å²) in [6.45, 7) is 1.70. The molecule has 1 saturated carbocycles. The number of halogens is 2. The van der Waals surface area contributed by atoms with Gasteiger partial charge in [-0.15, -0.1) is 11.6 Å². The van der Waals surface area contributed by atoms with Gasteiger partial charge in [-0.25, -0.2) is 4.39 Å². The monoisotopic (exact) mass is 240 g/mol. The van der Waals surface area contributed by atoms with Crippen molar-refractivity contribution in [2.45, 2.75) is 37.5 Å². The van der Waals surface area contributed by atoms with Crippen molar-refractivity contribution in [3.8, 4) is 0 Å². The molecule has 0 amide bonds. The molecule has 0 radical (unpaired) electrons. The van der Waals surface area contributed by atoms with Crippen molar-refractivity contribution in [3.63, 3.8) is 0 Å². The number of ketones is 1. The molecule has 1 nitrogen and oxygen atoms in total. The van der Waals surface area contributed by atoms with Crippen LogP contribution in [-0.4, -0.2) is 5.78 Å². The van der Waals surface area contributed by atoms with Gasteiger partial charge in [-0.3, -0.25) is 4.79 Å². The maximum absolute atomic E-state index is 13.5. The van der Waals surface area contributed by atoms with Crippen molar-refractivity contribution < 1.29 is 9.18 Å². The van der Waals surface area contributed by atoms with Gasteiger partial charge in [0.25, 0.3) is 0 Å². The molecule has 0 aliphatic heterocycles. The number of rotatable bonds is 1. The van der Waals surface area contributed by atoms with Crippen LogP contribution in [0, 0.1) is 12.7 Å². The van der Waals surface area contributed by atoms with Crippen LogP contribution in [0.2, 0.25) is 0 Å². The quantitative estimate of drug-likeness (QED) is 0.684. The van der Waals surface area contributed by atoms with E-state index in [1.54, 1.807) is 19.1 Å². The van der Waals surface area contributed by atoms with Crippen LogP contribution in [0.1, 0.15) is 36.8 Å². The standard InChI is InChI=1S/C13H14ClFO/c1-9-5-6-10(8-11(9)15)13(14)7-3-2-4-12(13)16/h5-6,8H,2-4,7H2,1H3. The number of carbonyl (C=O) groups is 1. The Labute approximate surface area is 99.6 Å². The first-order valence-corrected chi connectivity index (χ1v) is 5.91. The average Bonchev–Trinajstić information content (AvgIpc) is 2.26. The fourth-order valence-corrected chi connectivity index (χ4v) is 2.48.